The topological polar surface area (TPSA) is 71.1 Å². The van der Waals surface area contributed by atoms with Crippen LogP contribution in [-0.2, 0) is 20.1 Å². The molecule has 8 heteroatoms. The van der Waals surface area contributed by atoms with Crippen LogP contribution in [0.5, 0.6) is 11.8 Å². The van der Waals surface area contributed by atoms with E-state index in [2.05, 4.69) is 18.8 Å². The Hall–Kier alpha value is -3.32. The molecule has 0 radical (unpaired) electrons. The first-order valence-electron chi connectivity index (χ1n) is 11.0. The van der Waals surface area contributed by atoms with E-state index in [0.717, 1.165) is 5.56 Å². The van der Waals surface area contributed by atoms with Gasteiger partial charge in [0.25, 0.3) is 5.56 Å². The van der Waals surface area contributed by atoms with Crippen LogP contribution in [0, 0.1) is 0 Å². The Bertz CT molecular complexity index is 1400. The van der Waals surface area contributed by atoms with Gasteiger partial charge >= 0.3 is 11.7 Å². The maximum atomic E-state index is 13.4. The number of fused-ring (bicyclic) bond motifs is 1. The Morgan fingerprint density at radius 1 is 1.00 bits per heavy atom. The minimum Gasteiger partial charge on any atom is -0.425 e. The van der Waals surface area contributed by atoms with E-state index in [1.165, 1.54) is 14.7 Å². The summed E-state index contributed by atoms with van der Waals surface area (Å²) in [4.78, 5) is 30.7. The van der Waals surface area contributed by atoms with E-state index in [4.69, 9.17) is 16.3 Å². The molecule has 7 nitrogen and oxygen atoms in total. The number of benzene rings is 2. The summed E-state index contributed by atoms with van der Waals surface area (Å²) < 4.78 is 10.5. The monoisotopic (exact) mass is 466 g/mol. The van der Waals surface area contributed by atoms with Gasteiger partial charge in [0.1, 0.15) is 5.75 Å². The molecule has 2 heterocycles. The van der Waals surface area contributed by atoms with Crippen molar-refractivity contribution >= 4 is 22.8 Å². The molecule has 0 saturated carbocycles. The minimum atomic E-state index is -0.390. The molecule has 0 unspecified atom stereocenters. The fraction of sp³-hybridized carbons (Fsp3) is 0.320. The van der Waals surface area contributed by atoms with E-state index >= 15 is 0 Å². The fourth-order valence-corrected chi connectivity index (χ4v) is 3.92. The third kappa shape index (κ3) is 4.46. The van der Waals surface area contributed by atoms with Crippen LogP contribution >= 0.6 is 11.6 Å². The summed E-state index contributed by atoms with van der Waals surface area (Å²) in [6.07, 6.45) is 0.664. The molecule has 4 aromatic rings. The quantitative estimate of drug-likeness (QED) is 0.387. The van der Waals surface area contributed by atoms with Crippen LogP contribution in [0.1, 0.15) is 44.2 Å². The molecule has 2 aromatic heterocycles. The summed E-state index contributed by atoms with van der Waals surface area (Å²) in [7, 11) is 1.62. The summed E-state index contributed by atoms with van der Waals surface area (Å²) in [5, 5.41) is 0.628. The molecule has 0 amide bonds. The lowest BCUT2D eigenvalue weighted by atomic mass is 10.0. The molecule has 4 rings (SSSR count). The van der Waals surface area contributed by atoms with Gasteiger partial charge in [-0.25, -0.2) is 4.79 Å². The van der Waals surface area contributed by atoms with Crippen molar-refractivity contribution in [2.45, 2.75) is 46.2 Å². The zero-order chi connectivity index (χ0) is 23.7. The zero-order valence-corrected chi connectivity index (χ0v) is 20.0. The average molecular weight is 467 g/mol. The second-order valence-corrected chi connectivity index (χ2v) is 8.84. The van der Waals surface area contributed by atoms with Gasteiger partial charge in [-0.2, -0.15) is 4.98 Å². The number of halogens is 1. The maximum Gasteiger partial charge on any atom is 0.332 e. The Kier molecular flexibility index (Phi) is 6.42. The molecule has 0 bridgehead atoms. The highest BCUT2D eigenvalue weighted by atomic mass is 35.5. The van der Waals surface area contributed by atoms with Gasteiger partial charge < -0.3 is 4.74 Å². The largest absolute Gasteiger partial charge is 0.425 e. The summed E-state index contributed by atoms with van der Waals surface area (Å²) in [6.45, 7) is 6.86. The molecule has 0 saturated heterocycles. The predicted octanol–water partition coefficient (Wildman–Crippen LogP) is 4.92. The van der Waals surface area contributed by atoms with Gasteiger partial charge in [0.05, 0.1) is 6.54 Å². The van der Waals surface area contributed by atoms with E-state index in [9.17, 15) is 9.59 Å². The van der Waals surface area contributed by atoms with Crippen molar-refractivity contribution in [1.82, 2.24) is 18.7 Å². The molecule has 0 fully saturated rings. The van der Waals surface area contributed by atoms with E-state index in [1.807, 2.05) is 43.3 Å². The Labute approximate surface area is 196 Å². The molecule has 172 valence electrons. The number of rotatable bonds is 7. The van der Waals surface area contributed by atoms with Gasteiger partial charge in [0.2, 0.25) is 0 Å². The molecular formula is C25H27ClN4O3. The van der Waals surface area contributed by atoms with Gasteiger partial charge in [0.15, 0.2) is 11.2 Å². The van der Waals surface area contributed by atoms with Gasteiger partial charge in [-0.15, -0.1) is 0 Å². The molecule has 33 heavy (non-hydrogen) atoms. The molecule has 2 aromatic carbocycles. The summed E-state index contributed by atoms with van der Waals surface area (Å²) in [5.41, 5.74) is 1.98. The van der Waals surface area contributed by atoms with Gasteiger partial charge in [-0.3, -0.25) is 18.5 Å². The van der Waals surface area contributed by atoms with Crippen LogP contribution < -0.4 is 16.0 Å². The van der Waals surface area contributed by atoms with Crippen LogP contribution in [0.4, 0.5) is 0 Å². The van der Waals surface area contributed by atoms with E-state index < -0.39 is 5.69 Å². The summed E-state index contributed by atoms with van der Waals surface area (Å²) in [5.74, 6) is 1.01. The highest BCUT2D eigenvalue weighted by Gasteiger charge is 2.22. The minimum absolute atomic E-state index is 0.249. The molecule has 0 aliphatic rings. The summed E-state index contributed by atoms with van der Waals surface area (Å²) in [6, 6.07) is 15.4. The fourth-order valence-electron chi connectivity index (χ4n) is 3.80. The average Bonchev–Trinajstić information content (AvgIpc) is 3.15. The van der Waals surface area contributed by atoms with E-state index in [0.29, 0.717) is 47.4 Å². The Morgan fingerprint density at radius 3 is 2.27 bits per heavy atom. The first-order valence-corrected chi connectivity index (χ1v) is 11.4. The van der Waals surface area contributed by atoms with Gasteiger partial charge in [-0.1, -0.05) is 56.6 Å². The zero-order valence-electron chi connectivity index (χ0n) is 19.2. The maximum absolute atomic E-state index is 13.4. The van der Waals surface area contributed by atoms with Crippen molar-refractivity contribution in [2.24, 2.45) is 7.05 Å². The van der Waals surface area contributed by atoms with E-state index in [-0.39, 0.29) is 11.6 Å². The highest BCUT2D eigenvalue weighted by molar-refractivity contribution is 6.30. The predicted molar refractivity (Wildman–Crippen MR) is 131 cm³/mol. The lowest BCUT2D eigenvalue weighted by Gasteiger charge is -2.12. The van der Waals surface area contributed by atoms with Crippen molar-refractivity contribution in [3.8, 4) is 11.8 Å². The lowest BCUT2D eigenvalue weighted by Crippen LogP contribution is -2.39. The van der Waals surface area contributed by atoms with Crippen molar-refractivity contribution < 1.29 is 4.74 Å². The smallest absolute Gasteiger partial charge is 0.332 e. The number of ether oxygens (including phenoxy) is 1. The lowest BCUT2D eigenvalue weighted by molar-refractivity contribution is 0.421. The van der Waals surface area contributed by atoms with Gasteiger partial charge in [0, 0.05) is 18.6 Å². The highest BCUT2D eigenvalue weighted by Crippen LogP contribution is 2.27. The molecule has 0 atom stereocenters. The number of aromatic nitrogens is 4. The van der Waals surface area contributed by atoms with Crippen LogP contribution in [0.2, 0.25) is 5.02 Å². The van der Waals surface area contributed by atoms with Gasteiger partial charge in [-0.05, 0) is 47.7 Å². The Balaban J connectivity index is 1.89. The van der Waals surface area contributed by atoms with E-state index in [1.54, 1.807) is 23.7 Å². The molecule has 0 aliphatic carbocycles. The second-order valence-electron chi connectivity index (χ2n) is 8.40. The molecular weight excluding hydrogens is 440 g/mol. The normalized spacial score (nSPS) is 11.5. The van der Waals surface area contributed by atoms with Crippen LogP contribution in [-0.4, -0.2) is 18.7 Å². The van der Waals surface area contributed by atoms with Crippen molar-refractivity contribution in [3.05, 3.63) is 85.5 Å². The number of aryl methyl sites for hydroxylation is 1. The number of imidazole rings is 1. The SMILES string of the molecule is CCCn1c(=O)c2c(nc(Oc3ccc(C(C)C)cc3)n2Cc2ccc(Cl)cc2)n(C)c1=O. The Morgan fingerprint density at radius 2 is 1.67 bits per heavy atom. The number of hydrogen-bond acceptors (Lipinski definition) is 4. The second kappa shape index (κ2) is 9.27. The number of nitrogens with zero attached hydrogens (tertiary/aromatic N) is 4. The van der Waals surface area contributed by atoms with Crippen LogP contribution in [0.25, 0.3) is 11.2 Å². The molecule has 0 spiro atoms. The van der Waals surface area contributed by atoms with Crippen LogP contribution in [0.3, 0.4) is 0 Å². The van der Waals surface area contributed by atoms with Crippen LogP contribution in [0.15, 0.2) is 58.1 Å². The first-order chi connectivity index (χ1) is 15.8. The third-order valence-electron chi connectivity index (χ3n) is 5.65. The molecule has 0 N–H and O–H groups in total. The summed E-state index contributed by atoms with van der Waals surface area (Å²) >= 11 is 6.05. The van der Waals surface area contributed by atoms with Crippen molar-refractivity contribution in [1.29, 1.82) is 0 Å². The van der Waals surface area contributed by atoms with Crippen molar-refractivity contribution in [2.75, 3.05) is 0 Å². The molecule has 0 aliphatic heterocycles. The number of hydrogen-bond donors (Lipinski definition) is 0. The standard InChI is InChI=1S/C25H27ClN4O3/c1-5-14-29-23(31)21-22(28(4)25(29)32)27-24(30(21)15-17-6-10-19(26)11-7-17)33-20-12-8-18(9-13-20)16(2)3/h6-13,16H,5,14-15H2,1-4H3. The van der Waals surface area contributed by atoms with Crippen molar-refractivity contribution in [3.63, 3.8) is 0 Å². The first kappa shape index (κ1) is 22.9. The third-order valence-corrected chi connectivity index (χ3v) is 5.91.